The van der Waals surface area contributed by atoms with Gasteiger partial charge in [-0.3, -0.25) is 4.79 Å². The first-order chi connectivity index (χ1) is 15.3. The summed E-state index contributed by atoms with van der Waals surface area (Å²) >= 11 is 5.55. The molecule has 0 radical (unpaired) electrons. The number of carbonyl (C=O) groups excluding carboxylic acids is 1. The van der Waals surface area contributed by atoms with Crippen molar-refractivity contribution in [3.8, 4) is 0 Å². The molecular weight excluding hydrogens is 472 g/mol. The van der Waals surface area contributed by atoms with Crippen LogP contribution in [0.3, 0.4) is 0 Å². The summed E-state index contributed by atoms with van der Waals surface area (Å²) in [5.74, 6) is -0.920. The van der Waals surface area contributed by atoms with E-state index in [0.717, 1.165) is 30.4 Å². The van der Waals surface area contributed by atoms with Gasteiger partial charge in [0.05, 0.1) is 21.8 Å². The van der Waals surface area contributed by atoms with E-state index in [9.17, 15) is 31.1 Å². The molecule has 0 aromatic heterocycles. The summed E-state index contributed by atoms with van der Waals surface area (Å²) in [4.78, 5) is 16.1. The molecule has 1 saturated heterocycles. The molecule has 0 aliphatic carbocycles. The van der Waals surface area contributed by atoms with Crippen LogP contribution < -0.4 is 10.2 Å². The average molecular weight is 492 g/mol. The Bertz CT molecular complexity index is 1040. The molecular formula is C22H20ClF6N3O. The quantitative estimate of drug-likeness (QED) is 0.435. The van der Waals surface area contributed by atoms with Crippen LogP contribution in [0.15, 0.2) is 42.5 Å². The minimum atomic E-state index is -4.72. The van der Waals surface area contributed by atoms with Gasteiger partial charge in [-0.05, 0) is 49.0 Å². The summed E-state index contributed by atoms with van der Waals surface area (Å²) in [7, 11) is 1.93. The number of halogens is 7. The standard InChI is InChI=1S/C22H20ClF6N3O/c1-31-8-10-32(11-9-31)15-4-6-19(17(13-15)22(27,28)29)30-20(33)7-3-14-2-5-18(23)16(12-14)21(24,25)26/h2-7,12-13H,8-11H2,1H3,(H,30,33)/b7-3+. The number of rotatable bonds is 4. The summed E-state index contributed by atoms with van der Waals surface area (Å²) in [6.07, 6.45) is -7.48. The van der Waals surface area contributed by atoms with Crippen LogP contribution in [0.4, 0.5) is 37.7 Å². The van der Waals surface area contributed by atoms with Crippen molar-refractivity contribution < 1.29 is 31.1 Å². The van der Waals surface area contributed by atoms with E-state index in [2.05, 4.69) is 10.2 Å². The Balaban J connectivity index is 1.79. The topological polar surface area (TPSA) is 35.6 Å². The van der Waals surface area contributed by atoms with E-state index in [4.69, 9.17) is 11.6 Å². The minimum absolute atomic E-state index is 0.0170. The minimum Gasteiger partial charge on any atom is -0.369 e. The third-order valence-electron chi connectivity index (χ3n) is 5.16. The zero-order valence-corrected chi connectivity index (χ0v) is 18.2. The summed E-state index contributed by atoms with van der Waals surface area (Å²) < 4.78 is 79.8. The van der Waals surface area contributed by atoms with Gasteiger partial charge in [0.2, 0.25) is 5.91 Å². The van der Waals surface area contributed by atoms with Crippen LogP contribution in [0, 0.1) is 0 Å². The van der Waals surface area contributed by atoms with Crippen molar-refractivity contribution in [2.45, 2.75) is 12.4 Å². The Labute approximate surface area is 191 Å². The molecule has 0 spiro atoms. The van der Waals surface area contributed by atoms with Crippen LogP contribution in [-0.2, 0) is 17.1 Å². The number of amides is 1. The lowest BCUT2D eigenvalue weighted by Gasteiger charge is -2.34. The summed E-state index contributed by atoms with van der Waals surface area (Å²) in [6, 6.07) is 6.69. The van der Waals surface area contributed by atoms with Gasteiger partial charge in [-0.1, -0.05) is 17.7 Å². The Morgan fingerprint density at radius 2 is 1.58 bits per heavy atom. The highest BCUT2D eigenvalue weighted by Crippen LogP contribution is 2.38. The number of benzene rings is 2. The third kappa shape index (κ3) is 6.42. The number of hydrogen-bond acceptors (Lipinski definition) is 3. The highest BCUT2D eigenvalue weighted by Gasteiger charge is 2.35. The highest BCUT2D eigenvalue weighted by molar-refractivity contribution is 6.31. The van der Waals surface area contributed by atoms with Crippen LogP contribution in [0.1, 0.15) is 16.7 Å². The fraction of sp³-hybridized carbons (Fsp3) is 0.318. The van der Waals surface area contributed by atoms with Crippen molar-refractivity contribution in [2.24, 2.45) is 0 Å². The molecule has 11 heteroatoms. The number of likely N-dealkylation sites (N-methyl/N-ethyl adjacent to an activating group) is 1. The second-order valence-electron chi connectivity index (χ2n) is 7.58. The van der Waals surface area contributed by atoms with Crippen molar-refractivity contribution in [1.82, 2.24) is 4.90 Å². The van der Waals surface area contributed by atoms with Gasteiger partial charge in [-0.25, -0.2) is 0 Å². The van der Waals surface area contributed by atoms with Crippen LogP contribution >= 0.6 is 11.6 Å². The van der Waals surface area contributed by atoms with Gasteiger partial charge in [0.15, 0.2) is 0 Å². The third-order valence-corrected chi connectivity index (χ3v) is 5.49. The number of carbonyl (C=O) groups is 1. The number of hydrogen-bond donors (Lipinski definition) is 1. The van der Waals surface area contributed by atoms with Gasteiger partial charge in [-0.15, -0.1) is 0 Å². The van der Waals surface area contributed by atoms with Gasteiger partial charge in [0.1, 0.15) is 0 Å². The zero-order valence-electron chi connectivity index (χ0n) is 17.4. The van der Waals surface area contributed by atoms with E-state index in [-0.39, 0.29) is 5.56 Å². The number of nitrogens with zero attached hydrogens (tertiary/aromatic N) is 2. The predicted molar refractivity (Wildman–Crippen MR) is 115 cm³/mol. The van der Waals surface area contributed by atoms with E-state index in [0.29, 0.717) is 31.9 Å². The Hall–Kier alpha value is -2.72. The van der Waals surface area contributed by atoms with E-state index in [1.54, 1.807) is 0 Å². The fourth-order valence-electron chi connectivity index (χ4n) is 3.35. The molecule has 0 atom stereocenters. The molecule has 2 aromatic rings. The number of anilines is 2. The molecule has 1 fully saturated rings. The van der Waals surface area contributed by atoms with Gasteiger partial charge in [0.25, 0.3) is 0 Å². The van der Waals surface area contributed by atoms with Crippen molar-refractivity contribution in [3.63, 3.8) is 0 Å². The van der Waals surface area contributed by atoms with E-state index in [1.807, 2.05) is 11.9 Å². The van der Waals surface area contributed by atoms with E-state index >= 15 is 0 Å². The summed E-state index contributed by atoms with van der Waals surface area (Å²) in [5.41, 5.74) is -2.12. The van der Waals surface area contributed by atoms with Crippen molar-refractivity contribution in [3.05, 3.63) is 64.2 Å². The second-order valence-corrected chi connectivity index (χ2v) is 7.98. The molecule has 3 rings (SSSR count). The lowest BCUT2D eigenvalue weighted by Crippen LogP contribution is -2.44. The molecule has 33 heavy (non-hydrogen) atoms. The molecule has 0 bridgehead atoms. The number of alkyl halides is 6. The van der Waals surface area contributed by atoms with Crippen LogP contribution in [0.5, 0.6) is 0 Å². The second kappa shape index (κ2) is 9.64. The fourth-order valence-corrected chi connectivity index (χ4v) is 3.57. The Morgan fingerprint density at radius 1 is 0.939 bits per heavy atom. The van der Waals surface area contributed by atoms with E-state index in [1.165, 1.54) is 18.2 Å². The van der Waals surface area contributed by atoms with Crippen molar-refractivity contribution in [2.75, 3.05) is 43.4 Å². The van der Waals surface area contributed by atoms with Crippen LogP contribution in [0.2, 0.25) is 5.02 Å². The van der Waals surface area contributed by atoms with Crippen LogP contribution in [-0.4, -0.2) is 44.0 Å². The molecule has 1 heterocycles. The molecule has 2 aromatic carbocycles. The molecule has 1 amide bonds. The lowest BCUT2D eigenvalue weighted by atomic mass is 10.1. The SMILES string of the molecule is CN1CCN(c2ccc(NC(=O)/C=C/c3ccc(Cl)c(C(F)(F)F)c3)c(C(F)(F)F)c2)CC1. The summed E-state index contributed by atoms with van der Waals surface area (Å²) in [5, 5.41) is 1.66. The predicted octanol–water partition coefficient (Wildman–Crippen LogP) is 5.78. The molecule has 0 saturated carbocycles. The molecule has 4 nitrogen and oxygen atoms in total. The zero-order chi connectivity index (χ0) is 24.4. The van der Waals surface area contributed by atoms with Crippen molar-refractivity contribution >= 4 is 35.0 Å². The Kier molecular flexibility index (Phi) is 7.28. The monoisotopic (exact) mass is 491 g/mol. The first-order valence-corrected chi connectivity index (χ1v) is 10.2. The van der Waals surface area contributed by atoms with Gasteiger partial charge in [-0.2, -0.15) is 26.3 Å². The first kappa shape index (κ1) is 24.9. The number of nitrogens with one attached hydrogen (secondary N) is 1. The number of piperazine rings is 1. The molecule has 1 aliphatic rings. The first-order valence-electron chi connectivity index (χ1n) is 9.85. The maximum Gasteiger partial charge on any atom is 0.418 e. The van der Waals surface area contributed by atoms with Gasteiger partial charge < -0.3 is 15.1 Å². The largest absolute Gasteiger partial charge is 0.418 e. The van der Waals surface area contributed by atoms with Crippen molar-refractivity contribution in [1.29, 1.82) is 0 Å². The summed E-state index contributed by atoms with van der Waals surface area (Å²) in [6.45, 7) is 2.57. The molecule has 0 unspecified atom stereocenters. The van der Waals surface area contributed by atoms with Gasteiger partial charge >= 0.3 is 12.4 Å². The maximum absolute atomic E-state index is 13.6. The molecule has 178 valence electrons. The van der Waals surface area contributed by atoms with Crippen LogP contribution in [0.25, 0.3) is 6.08 Å². The van der Waals surface area contributed by atoms with Gasteiger partial charge in [0, 0.05) is 37.9 Å². The highest BCUT2D eigenvalue weighted by atomic mass is 35.5. The normalized spacial score (nSPS) is 15.8. The lowest BCUT2D eigenvalue weighted by molar-refractivity contribution is -0.138. The Morgan fingerprint density at radius 3 is 2.18 bits per heavy atom. The van der Waals surface area contributed by atoms with E-state index < -0.39 is 40.1 Å². The average Bonchev–Trinajstić information content (AvgIpc) is 2.72. The maximum atomic E-state index is 13.6. The smallest absolute Gasteiger partial charge is 0.369 e. The molecule has 1 aliphatic heterocycles. The molecule has 1 N–H and O–H groups in total.